The predicted molar refractivity (Wildman–Crippen MR) is 102 cm³/mol. The lowest BCUT2D eigenvalue weighted by molar-refractivity contribution is 0.251. The Morgan fingerprint density at radius 3 is 2.69 bits per heavy atom. The van der Waals surface area contributed by atoms with Crippen molar-refractivity contribution in [1.29, 1.82) is 0 Å². The first-order valence-electron chi connectivity index (χ1n) is 8.12. The highest BCUT2D eigenvalue weighted by Crippen LogP contribution is 2.22. The van der Waals surface area contributed by atoms with Crippen LogP contribution in [0.3, 0.4) is 0 Å². The van der Waals surface area contributed by atoms with E-state index in [1.165, 1.54) is 6.07 Å². The number of halogens is 1. The fraction of sp³-hybridized carbons (Fsp3) is 0.100. The van der Waals surface area contributed by atoms with Gasteiger partial charge in [-0.3, -0.25) is 0 Å². The first kappa shape index (κ1) is 17.9. The second-order valence-corrected chi connectivity index (χ2v) is 6.55. The number of carbonyl (C=O) groups excluding carboxylic acids is 1. The number of anilines is 1. The molecule has 0 atom stereocenters. The summed E-state index contributed by atoms with van der Waals surface area (Å²) in [5.74, 6) is 0.421. The van der Waals surface area contributed by atoms with Crippen LogP contribution in [0.2, 0.25) is 0 Å². The van der Waals surface area contributed by atoms with Crippen LogP contribution in [0.1, 0.15) is 11.1 Å². The Balaban J connectivity index is 1.53. The van der Waals surface area contributed by atoms with Crippen LogP contribution in [0.4, 0.5) is 14.9 Å². The molecule has 0 aliphatic carbocycles. The molecule has 0 bridgehead atoms. The lowest BCUT2D eigenvalue weighted by Gasteiger charge is -2.09. The minimum absolute atomic E-state index is 0.133. The van der Waals surface area contributed by atoms with Gasteiger partial charge < -0.3 is 10.6 Å². The number of carbonyl (C=O) groups is 1. The van der Waals surface area contributed by atoms with Gasteiger partial charge in [-0.05, 0) is 35.9 Å². The molecule has 3 aromatic rings. The second kappa shape index (κ2) is 9.01. The number of benzene rings is 2. The molecule has 0 aliphatic rings. The molecular weight excluding hydrogens is 349 g/mol. The van der Waals surface area contributed by atoms with Gasteiger partial charge in [0.25, 0.3) is 0 Å². The Labute approximate surface area is 155 Å². The minimum atomic E-state index is -0.372. The van der Waals surface area contributed by atoms with Gasteiger partial charge in [-0.25, -0.2) is 14.2 Å². The average Bonchev–Trinajstić information content (AvgIpc) is 2.67. The third-order valence-electron chi connectivity index (χ3n) is 3.61. The van der Waals surface area contributed by atoms with Gasteiger partial charge in [0, 0.05) is 29.7 Å². The Morgan fingerprint density at radius 2 is 1.88 bits per heavy atom. The monoisotopic (exact) mass is 367 g/mol. The van der Waals surface area contributed by atoms with Crippen molar-refractivity contribution in [2.45, 2.75) is 17.3 Å². The van der Waals surface area contributed by atoms with Crippen LogP contribution in [0, 0.1) is 5.82 Å². The van der Waals surface area contributed by atoms with Crippen LogP contribution in [0.5, 0.6) is 0 Å². The van der Waals surface area contributed by atoms with E-state index in [0.29, 0.717) is 11.3 Å². The van der Waals surface area contributed by atoms with Crippen molar-refractivity contribution >= 4 is 23.5 Å². The highest BCUT2D eigenvalue weighted by atomic mass is 32.2. The third-order valence-corrected chi connectivity index (χ3v) is 4.62. The fourth-order valence-corrected chi connectivity index (χ4v) is 3.13. The number of pyridine rings is 1. The van der Waals surface area contributed by atoms with E-state index >= 15 is 0 Å². The quantitative estimate of drug-likeness (QED) is 0.613. The number of thioether (sulfide) groups is 1. The standard InChI is InChI=1S/C20H18FN3OS/c21-18-9-2-1-7-16(18)13-23-20(25)24-17-8-5-6-15(12-17)14-26-19-10-3-4-11-22-19/h1-12H,13-14H2,(H2,23,24,25). The molecule has 0 saturated heterocycles. The second-order valence-electron chi connectivity index (χ2n) is 5.56. The zero-order valence-electron chi connectivity index (χ0n) is 14.0. The maximum atomic E-state index is 13.6. The normalized spacial score (nSPS) is 10.3. The lowest BCUT2D eigenvalue weighted by Crippen LogP contribution is -2.28. The van der Waals surface area contributed by atoms with Gasteiger partial charge in [-0.15, -0.1) is 11.8 Å². The summed E-state index contributed by atoms with van der Waals surface area (Å²) in [6, 6.07) is 19.4. The zero-order valence-corrected chi connectivity index (χ0v) is 14.8. The summed E-state index contributed by atoms with van der Waals surface area (Å²) in [7, 11) is 0. The molecule has 2 amide bonds. The number of hydrogen-bond donors (Lipinski definition) is 2. The first-order chi connectivity index (χ1) is 12.7. The van der Waals surface area contributed by atoms with E-state index in [1.807, 2.05) is 42.5 Å². The van der Waals surface area contributed by atoms with Gasteiger partial charge in [-0.2, -0.15) is 0 Å². The van der Waals surface area contributed by atoms with Crippen molar-refractivity contribution in [3.8, 4) is 0 Å². The molecule has 0 saturated carbocycles. The number of nitrogens with one attached hydrogen (secondary N) is 2. The van der Waals surface area contributed by atoms with Gasteiger partial charge in [0.1, 0.15) is 5.82 Å². The summed E-state index contributed by atoms with van der Waals surface area (Å²) < 4.78 is 13.6. The van der Waals surface area contributed by atoms with E-state index in [1.54, 1.807) is 36.2 Å². The molecule has 6 heteroatoms. The Kier molecular flexibility index (Phi) is 6.22. The van der Waals surface area contributed by atoms with E-state index in [2.05, 4.69) is 15.6 Å². The Morgan fingerprint density at radius 1 is 1.04 bits per heavy atom. The maximum absolute atomic E-state index is 13.6. The van der Waals surface area contributed by atoms with E-state index < -0.39 is 0 Å². The van der Waals surface area contributed by atoms with E-state index in [-0.39, 0.29) is 18.4 Å². The van der Waals surface area contributed by atoms with E-state index in [4.69, 9.17) is 0 Å². The molecule has 2 aromatic carbocycles. The van der Waals surface area contributed by atoms with Gasteiger partial charge in [0.15, 0.2) is 0 Å². The molecule has 4 nitrogen and oxygen atoms in total. The predicted octanol–water partition coefficient (Wildman–Crippen LogP) is 4.83. The topological polar surface area (TPSA) is 54.0 Å². The number of hydrogen-bond acceptors (Lipinski definition) is 3. The molecule has 0 spiro atoms. The van der Waals surface area contributed by atoms with Gasteiger partial charge >= 0.3 is 6.03 Å². The number of amides is 2. The van der Waals surface area contributed by atoms with Crippen molar-refractivity contribution < 1.29 is 9.18 Å². The van der Waals surface area contributed by atoms with E-state index in [0.717, 1.165) is 16.3 Å². The van der Waals surface area contributed by atoms with Crippen molar-refractivity contribution in [3.05, 3.63) is 89.9 Å². The van der Waals surface area contributed by atoms with Crippen LogP contribution < -0.4 is 10.6 Å². The molecule has 132 valence electrons. The molecule has 3 rings (SSSR count). The molecule has 1 heterocycles. The molecule has 0 radical (unpaired) electrons. The number of aromatic nitrogens is 1. The lowest BCUT2D eigenvalue weighted by atomic mass is 10.2. The van der Waals surface area contributed by atoms with Crippen molar-refractivity contribution in [2.75, 3.05) is 5.32 Å². The highest BCUT2D eigenvalue weighted by molar-refractivity contribution is 7.98. The van der Waals surface area contributed by atoms with Gasteiger partial charge in [0.05, 0.1) is 5.03 Å². The molecular formula is C20H18FN3OS. The summed E-state index contributed by atoms with van der Waals surface area (Å²) in [6.07, 6.45) is 1.76. The molecule has 26 heavy (non-hydrogen) atoms. The fourth-order valence-electron chi connectivity index (χ4n) is 2.32. The van der Waals surface area contributed by atoms with Crippen LogP contribution in [0.25, 0.3) is 0 Å². The third kappa shape index (κ3) is 5.32. The number of rotatable bonds is 6. The molecule has 2 N–H and O–H groups in total. The summed E-state index contributed by atoms with van der Waals surface area (Å²) in [4.78, 5) is 16.3. The molecule has 0 unspecified atom stereocenters. The minimum Gasteiger partial charge on any atom is -0.334 e. The molecule has 1 aromatic heterocycles. The summed E-state index contributed by atoms with van der Waals surface area (Å²) in [5, 5.41) is 6.39. The molecule has 0 fully saturated rings. The zero-order chi connectivity index (χ0) is 18.2. The SMILES string of the molecule is O=C(NCc1ccccc1F)Nc1cccc(CSc2ccccn2)c1. The highest BCUT2D eigenvalue weighted by Gasteiger charge is 2.05. The van der Waals surface area contributed by atoms with Gasteiger partial charge in [-0.1, -0.05) is 36.4 Å². The maximum Gasteiger partial charge on any atom is 0.319 e. The van der Waals surface area contributed by atoms with Gasteiger partial charge in [0.2, 0.25) is 0 Å². The van der Waals surface area contributed by atoms with Crippen molar-refractivity contribution in [3.63, 3.8) is 0 Å². The summed E-state index contributed by atoms with van der Waals surface area (Å²) in [5.41, 5.74) is 2.21. The van der Waals surface area contributed by atoms with Crippen LogP contribution in [-0.2, 0) is 12.3 Å². The van der Waals surface area contributed by atoms with Crippen LogP contribution in [-0.4, -0.2) is 11.0 Å². The Hall–Kier alpha value is -2.86. The first-order valence-corrected chi connectivity index (χ1v) is 9.10. The average molecular weight is 367 g/mol. The number of urea groups is 1. The molecule has 0 aliphatic heterocycles. The summed E-state index contributed by atoms with van der Waals surface area (Å²) in [6.45, 7) is 0.133. The van der Waals surface area contributed by atoms with Crippen molar-refractivity contribution in [1.82, 2.24) is 10.3 Å². The largest absolute Gasteiger partial charge is 0.334 e. The van der Waals surface area contributed by atoms with Crippen molar-refractivity contribution in [2.24, 2.45) is 0 Å². The van der Waals surface area contributed by atoms with Crippen LogP contribution >= 0.6 is 11.8 Å². The Bertz CT molecular complexity index is 874. The number of nitrogens with zero attached hydrogens (tertiary/aromatic N) is 1. The van der Waals surface area contributed by atoms with Crippen LogP contribution in [0.15, 0.2) is 78.0 Å². The smallest absolute Gasteiger partial charge is 0.319 e. The van der Waals surface area contributed by atoms with E-state index in [9.17, 15) is 9.18 Å². The summed E-state index contributed by atoms with van der Waals surface area (Å²) >= 11 is 1.63.